The number of nitrogens with one attached hydrogen (secondary N) is 1. The summed E-state index contributed by atoms with van der Waals surface area (Å²) in [4.78, 5) is 19.0. The molecule has 0 radical (unpaired) electrons. The fraction of sp³-hybridized carbons (Fsp3) is 0.200. The van der Waals surface area contributed by atoms with Crippen molar-refractivity contribution in [1.82, 2.24) is 30.1 Å². The first-order chi connectivity index (χ1) is 13.9. The molecule has 8 nitrogen and oxygen atoms in total. The molecule has 4 aromatic rings. The molecular weight excluding hydrogens is 352 g/mol. The van der Waals surface area contributed by atoms with Gasteiger partial charge in [0.25, 0.3) is 0 Å². The van der Waals surface area contributed by atoms with Gasteiger partial charge in [0.1, 0.15) is 12.1 Å². The lowest BCUT2D eigenvalue weighted by Crippen LogP contribution is -2.50. The van der Waals surface area contributed by atoms with Crippen molar-refractivity contribution < 1.29 is 0 Å². The van der Waals surface area contributed by atoms with E-state index >= 15 is 0 Å². The lowest BCUT2D eigenvalue weighted by atomic mass is 10.00. The van der Waals surface area contributed by atoms with Gasteiger partial charge in [-0.15, -0.1) is 10.2 Å². The van der Waals surface area contributed by atoms with E-state index in [4.69, 9.17) is 0 Å². The van der Waals surface area contributed by atoms with Crippen molar-refractivity contribution in [2.45, 2.75) is 0 Å². The van der Waals surface area contributed by atoms with Crippen LogP contribution in [0.4, 0.5) is 11.6 Å². The van der Waals surface area contributed by atoms with Crippen molar-refractivity contribution in [2.75, 3.05) is 29.9 Å². The molecule has 138 valence electrons. The van der Waals surface area contributed by atoms with Crippen molar-refractivity contribution in [3.63, 3.8) is 0 Å². The van der Waals surface area contributed by atoms with Crippen LogP contribution < -0.4 is 10.2 Å². The maximum Gasteiger partial charge on any atom is 0.151 e. The van der Waals surface area contributed by atoms with E-state index in [1.54, 1.807) is 31.1 Å². The van der Waals surface area contributed by atoms with Crippen LogP contribution in [0.1, 0.15) is 0 Å². The van der Waals surface area contributed by atoms with Crippen molar-refractivity contribution >= 4 is 22.5 Å². The zero-order chi connectivity index (χ0) is 18.8. The fourth-order valence-corrected chi connectivity index (χ4v) is 3.35. The van der Waals surface area contributed by atoms with Crippen LogP contribution in [0.5, 0.6) is 0 Å². The van der Waals surface area contributed by atoms with Crippen LogP contribution in [0.3, 0.4) is 0 Å². The van der Waals surface area contributed by atoms with Gasteiger partial charge in [0, 0.05) is 55.1 Å². The molecule has 0 amide bonds. The number of fused-ring (bicyclic) bond motifs is 1. The first-order valence-corrected chi connectivity index (χ1v) is 9.14. The zero-order valence-corrected chi connectivity index (χ0v) is 15.1. The van der Waals surface area contributed by atoms with Crippen molar-refractivity contribution in [3.05, 3.63) is 61.4 Å². The molecule has 1 aliphatic rings. The van der Waals surface area contributed by atoms with Crippen molar-refractivity contribution in [1.29, 1.82) is 0 Å². The molecule has 0 aromatic carbocycles. The molecule has 4 aromatic heterocycles. The highest BCUT2D eigenvalue weighted by Crippen LogP contribution is 2.25. The molecule has 1 N–H and O–H groups in total. The van der Waals surface area contributed by atoms with Gasteiger partial charge in [-0.2, -0.15) is 0 Å². The Balaban J connectivity index is 1.19. The van der Waals surface area contributed by atoms with Crippen LogP contribution in [0.25, 0.3) is 22.2 Å². The number of hydrogen-bond acceptors (Lipinski definition) is 8. The molecule has 28 heavy (non-hydrogen) atoms. The summed E-state index contributed by atoms with van der Waals surface area (Å²) in [6, 6.07) is 9.83. The molecule has 8 heteroatoms. The largest absolute Gasteiger partial charge is 0.369 e. The monoisotopic (exact) mass is 370 g/mol. The number of pyridine rings is 2. The number of anilines is 2. The molecule has 5 heterocycles. The average Bonchev–Trinajstić information content (AvgIpc) is 2.74. The van der Waals surface area contributed by atoms with Gasteiger partial charge in [-0.05, 0) is 30.3 Å². The van der Waals surface area contributed by atoms with Crippen LogP contribution in [-0.2, 0) is 0 Å². The number of aromatic nitrogens is 6. The van der Waals surface area contributed by atoms with Gasteiger partial charge in [-0.1, -0.05) is 0 Å². The minimum atomic E-state index is 0.536. The zero-order valence-electron chi connectivity index (χ0n) is 15.1. The molecule has 1 aliphatic heterocycles. The topological polar surface area (TPSA) is 92.6 Å². The predicted molar refractivity (Wildman–Crippen MR) is 107 cm³/mol. The standard InChI is InChI=1S/C20H18N8/c1-2-19(27-26-17(1)15-3-6-21-7-4-15)28-11-14(12-28)9-23-20-16-5-8-22-10-18(16)24-13-25-20/h1-8,10,13-14H,9,11-12H2,(H,23,24,25). The van der Waals surface area contributed by atoms with E-state index < -0.39 is 0 Å². The molecule has 5 rings (SSSR count). The Bertz CT molecular complexity index is 1070. The summed E-state index contributed by atoms with van der Waals surface area (Å²) in [5.74, 6) is 2.30. The fourth-order valence-electron chi connectivity index (χ4n) is 3.35. The molecule has 0 spiro atoms. The van der Waals surface area contributed by atoms with Crippen LogP contribution in [0.15, 0.2) is 61.4 Å². The Labute approximate surface area is 161 Å². The molecule has 0 unspecified atom stereocenters. The Hall–Kier alpha value is -3.68. The van der Waals surface area contributed by atoms with Crippen molar-refractivity contribution in [3.8, 4) is 11.3 Å². The molecule has 1 saturated heterocycles. The lowest BCUT2D eigenvalue weighted by Gasteiger charge is -2.40. The van der Waals surface area contributed by atoms with Gasteiger partial charge in [0.15, 0.2) is 5.82 Å². The highest BCUT2D eigenvalue weighted by atomic mass is 15.3. The summed E-state index contributed by atoms with van der Waals surface area (Å²) in [6.45, 7) is 2.75. The van der Waals surface area contributed by atoms with E-state index in [0.717, 1.165) is 53.4 Å². The Morgan fingerprint density at radius 3 is 2.61 bits per heavy atom. The average molecular weight is 370 g/mol. The van der Waals surface area contributed by atoms with Crippen LogP contribution in [-0.4, -0.2) is 49.8 Å². The van der Waals surface area contributed by atoms with Gasteiger partial charge in [0.05, 0.1) is 17.4 Å². The molecule has 0 atom stereocenters. The summed E-state index contributed by atoms with van der Waals surface area (Å²) in [5, 5.41) is 13.2. The quantitative estimate of drug-likeness (QED) is 0.573. The molecule has 0 aliphatic carbocycles. The first-order valence-electron chi connectivity index (χ1n) is 9.14. The van der Waals surface area contributed by atoms with Gasteiger partial charge in [-0.3, -0.25) is 9.97 Å². The maximum atomic E-state index is 4.38. The van der Waals surface area contributed by atoms with E-state index in [0.29, 0.717) is 5.92 Å². The SMILES string of the molecule is c1cc(-c2ccc(N3CC(CNc4ncnc5cnccc45)C3)nn2)ccn1. The van der Waals surface area contributed by atoms with E-state index in [9.17, 15) is 0 Å². The third kappa shape index (κ3) is 3.20. The van der Waals surface area contributed by atoms with Gasteiger partial charge >= 0.3 is 0 Å². The lowest BCUT2D eigenvalue weighted by molar-refractivity contribution is 0.425. The van der Waals surface area contributed by atoms with Gasteiger partial charge in [-0.25, -0.2) is 9.97 Å². The van der Waals surface area contributed by atoms with Crippen LogP contribution in [0.2, 0.25) is 0 Å². The Morgan fingerprint density at radius 1 is 0.929 bits per heavy atom. The summed E-state index contributed by atoms with van der Waals surface area (Å²) >= 11 is 0. The Morgan fingerprint density at radius 2 is 1.79 bits per heavy atom. The molecule has 1 fully saturated rings. The Kier molecular flexibility index (Phi) is 4.21. The van der Waals surface area contributed by atoms with Crippen LogP contribution >= 0.6 is 0 Å². The summed E-state index contributed by atoms with van der Waals surface area (Å²) in [6.07, 6.45) is 8.60. The second kappa shape index (κ2) is 7.15. The predicted octanol–water partition coefficient (Wildman–Crippen LogP) is 2.43. The summed E-state index contributed by atoms with van der Waals surface area (Å²) in [5.41, 5.74) is 2.72. The third-order valence-corrected chi connectivity index (χ3v) is 4.90. The second-order valence-electron chi connectivity index (χ2n) is 6.78. The molecule has 0 bridgehead atoms. The summed E-state index contributed by atoms with van der Waals surface area (Å²) < 4.78 is 0. The number of rotatable bonds is 5. The smallest absolute Gasteiger partial charge is 0.151 e. The number of nitrogens with zero attached hydrogens (tertiary/aromatic N) is 7. The van der Waals surface area contributed by atoms with E-state index in [-0.39, 0.29) is 0 Å². The van der Waals surface area contributed by atoms with E-state index in [2.05, 4.69) is 40.3 Å². The minimum absolute atomic E-state index is 0.536. The second-order valence-corrected chi connectivity index (χ2v) is 6.78. The van der Waals surface area contributed by atoms with Gasteiger partial charge in [0.2, 0.25) is 0 Å². The van der Waals surface area contributed by atoms with E-state index in [1.165, 1.54) is 0 Å². The van der Waals surface area contributed by atoms with Crippen LogP contribution in [0, 0.1) is 5.92 Å². The highest BCUT2D eigenvalue weighted by molar-refractivity contribution is 5.87. The van der Waals surface area contributed by atoms with E-state index in [1.807, 2.05) is 30.3 Å². The van der Waals surface area contributed by atoms with Gasteiger partial charge < -0.3 is 10.2 Å². The van der Waals surface area contributed by atoms with Crippen molar-refractivity contribution in [2.24, 2.45) is 5.92 Å². The number of hydrogen-bond donors (Lipinski definition) is 1. The highest BCUT2D eigenvalue weighted by Gasteiger charge is 2.28. The third-order valence-electron chi connectivity index (χ3n) is 4.90. The maximum absolute atomic E-state index is 4.38. The minimum Gasteiger partial charge on any atom is -0.369 e. The summed E-state index contributed by atoms with van der Waals surface area (Å²) in [7, 11) is 0. The molecular formula is C20H18N8. The first kappa shape index (κ1) is 16.5. The normalized spacial score (nSPS) is 14.1. The molecule has 0 saturated carbocycles.